The van der Waals surface area contributed by atoms with Gasteiger partial charge in [-0.05, 0) is 25.3 Å². The Bertz CT molecular complexity index is 780. The number of halogens is 3. The number of ether oxygens (including phenoxy) is 1. The molecular weight excluding hydrogens is 351 g/mol. The van der Waals surface area contributed by atoms with Crippen molar-refractivity contribution in [2.75, 3.05) is 19.7 Å². The van der Waals surface area contributed by atoms with Crippen LogP contribution in [0.25, 0.3) is 0 Å². The first-order valence-electron chi connectivity index (χ1n) is 8.52. The molecule has 0 bridgehead atoms. The highest BCUT2D eigenvalue weighted by Crippen LogP contribution is 2.61. The van der Waals surface area contributed by atoms with E-state index in [1.54, 1.807) is 0 Å². The average molecular weight is 369 g/mol. The molecule has 1 aliphatic carbocycles. The Morgan fingerprint density at radius 1 is 1.23 bits per heavy atom. The van der Waals surface area contributed by atoms with Crippen molar-refractivity contribution >= 4 is 11.9 Å². The van der Waals surface area contributed by atoms with Crippen molar-refractivity contribution in [1.82, 2.24) is 4.90 Å². The summed E-state index contributed by atoms with van der Waals surface area (Å²) >= 11 is 0. The first kappa shape index (κ1) is 17.2. The van der Waals surface area contributed by atoms with E-state index in [1.165, 1.54) is 0 Å². The van der Waals surface area contributed by atoms with Gasteiger partial charge in [0.05, 0.1) is 6.61 Å². The van der Waals surface area contributed by atoms with Crippen LogP contribution in [0, 0.1) is 11.3 Å². The maximum atomic E-state index is 13.3. The number of hydrogen-bond acceptors (Lipinski definition) is 3. The Morgan fingerprint density at radius 3 is 2.62 bits per heavy atom. The molecule has 2 fully saturated rings. The largest absolute Gasteiger partial charge is 0.493 e. The zero-order valence-corrected chi connectivity index (χ0v) is 13.9. The molecule has 1 N–H and O–H groups in total. The highest BCUT2D eigenvalue weighted by atomic mass is 19.4. The SMILES string of the molecule is O=C([C@@H]1C[C@]12CCOc1ccccc12)N1CCC(C(=O)O)(C(F)(F)F)C1. The van der Waals surface area contributed by atoms with E-state index in [0.717, 1.165) is 10.5 Å². The summed E-state index contributed by atoms with van der Waals surface area (Å²) in [6.07, 6.45) is -4.29. The van der Waals surface area contributed by atoms with Gasteiger partial charge < -0.3 is 14.7 Å². The quantitative estimate of drug-likeness (QED) is 0.870. The van der Waals surface area contributed by atoms with E-state index in [4.69, 9.17) is 9.84 Å². The van der Waals surface area contributed by atoms with E-state index < -0.39 is 41.9 Å². The lowest BCUT2D eigenvalue weighted by molar-refractivity contribution is -0.227. The maximum absolute atomic E-state index is 13.3. The lowest BCUT2D eigenvalue weighted by Crippen LogP contribution is -2.48. The molecule has 1 spiro atoms. The molecular formula is C18H18F3NO4. The molecule has 26 heavy (non-hydrogen) atoms. The van der Waals surface area contributed by atoms with Crippen LogP contribution in [0.3, 0.4) is 0 Å². The second-order valence-electron chi connectivity index (χ2n) is 7.40. The summed E-state index contributed by atoms with van der Waals surface area (Å²) in [7, 11) is 0. The third-order valence-electron chi connectivity index (χ3n) is 6.14. The van der Waals surface area contributed by atoms with Crippen LogP contribution >= 0.6 is 0 Å². The molecule has 1 saturated carbocycles. The van der Waals surface area contributed by atoms with Crippen molar-refractivity contribution in [1.29, 1.82) is 0 Å². The van der Waals surface area contributed by atoms with Crippen LogP contribution in [0.1, 0.15) is 24.8 Å². The summed E-state index contributed by atoms with van der Waals surface area (Å²) in [5, 5.41) is 9.15. The average Bonchev–Trinajstić information content (AvgIpc) is 3.09. The van der Waals surface area contributed by atoms with Crippen molar-refractivity contribution in [2.45, 2.75) is 30.9 Å². The van der Waals surface area contributed by atoms with Crippen molar-refractivity contribution in [3.05, 3.63) is 29.8 Å². The number of hydrogen-bond donors (Lipinski definition) is 1. The summed E-state index contributed by atoms with van der Waals surface area (Å²) in [4.78, 5) is 25.2. The van der Waals surface area contributed by atoms with Crippen LogP contribution in [0.2, 0.25) is 0 Å². The van der Waals surface area contributed by atoms with Gasteiger partial charge in [-0.25, -0.2) is 0 Å². The number of carboxylic acids is 1. The third kappa shape index (κ3) is 2.23. The monoisotopic (exact) mass is 369 g/mol. The number of carbonyl (C=O) groups is 2. The van der Waals surface area contributed by atoms with E-state index in [0.29, 0.717) is 25.2 Å². The van der Waals surface area contributed by atoms with E-state index in [9.17, 15) is 22.8 Å². The number of benzene rings is 1. The lowest BCUT2D eigenvalue weighted by atomic mass is 9.86. The van der Waals surface area contributed by atoms with Crippen LogP contribution in [-0.4, -0.2) is 47.8 Å². The van der Waals surface area contributed by atoms with E-state index in [-0.39, 0.29) is 12.5 Å². The van der Waals surface area contributed by atoms with Crippen LogP contribution in [0.5, 0.6) is 5.75 Å². The van der Waals surface area contributed by atoms with E-state index in [1.807, 2.05) is 24.3 Å². The molecule has 1 aromatic rings. The zero-order chi connectivity index (χ0) is 18.7. The summed E-state index contributed by atoms with van der Waals surface area (Å²) in [6.45, 7) is -0.535. The number of carbonyl (C=O) groups excluding carboxylic acids is 1. The first-order valence-corrected chi connectivity index (χ1v) is 8.52. The number of nitrogens with zero attached hydrogens (tertiary/aromatic N) is 1. The van der Waals surface area contributed by atoms with Gasteiger partial charge in [0.15, 0.2) is 5.41 Å². The van der Waals surface area contributed by atoms with Crippen molar-refractivity contribution in [3.63, 3.8) is 0 Å². The molecule has 3 aliphatic rings. The number of fused-ring (bicyclic) bond motifs is 2. The van der Waals surface area contributed by atoms with Gasteiger partial charge in [-0.2, -0.15) is 13.2 Å². The summed E-state index contributed by atoms with van der Waals surface area (Å²) in [5.41, 5.74) is -2.33. The van der Waals surface area contributed by atoms with Crippen molar-refractivity contribution in [2.24, 2.45) is 11.3 Å². The summed E-state index contributed by atoms with van der Waals surface area (Å²) in [5.74, 6) is -1.99. The fourth-order valence-corrected chi connectivity index (χ4v) is 4.43. The van der Waals surface area contributed by atoms with Crippen molar-refractivity contribution in [3.8, 4) is 5.75 Å². The molecule has 4 rings (SSSR count). The van der Waals surface area contributed by atoms with Gasteiger partial charge in [-0.3, -0.25) is 9.59 Å². The molecule has 2 aliphatic heterocycles. The lowest BCUT2D eigenvalue weighted by Gasteiger charge is -2.29. The number of rotatable bonds is 2. The molecule has 1 saturated heterocycles. The Hall–Kier alpha value is -2.25. The molecule has 5 nitrogen and oxygen atoms in total. The number of aliphatic carboxylic acids is 1. The van der Waals surface area contributed by atoms with Gasteiger partial charge in [0.2, 0.25) is 5.91 Å². The highest BCUT2D eigenvalue weighted by Gasteiger charge is 2.67. The van der Waals surface area contributed by atoms with Crippen molar-refractivity contribution < 1.29 is 32.6 Å². The van der Waals surface area contributed by atoms with Gasteiger partial charge in [-0.15, -0.1) is 0 Å². The number of carboxylic acid groups (broad SMARTS) is 1. The minimum Gasteiger partial charge on any atom is -0.493 e. The van der Waals surface area contributed by atoms with Gasteiger partial charge in [0.25, 0.3) is 0 Å². The molecule has 1 unspecified atom stereocenters. The highest BCUT2D eigenvalue weighted by molar-refractivity contribution is 5.87. The summed E-state index contributed by atoms with van der Waals surface area (Å²) < 4.78 is 45.6. The van der Waals surface area contributed by atoms with Gasteiger partial charge in [0, 0.05) is 30.0 Å². The first-order chi connectivity index (χ1) is 12.2. The van der Waals surface area contributed by atoms with Gasteiger partial charge in [0.1, 0.15) is 5.75 Å². The van der Waals surface area contributed by atoms with Crippen LogP contribution < -0.4 is 4.74 Å². The normalized spacial score (nSPS) is 32.9. The number of amides is 1. The molecule has 0 aromatic heterocycles. The second-order valence-corrected chi connectivity index (χ2v) is 7.40. The molecule has 140 valence electrons. The zero-order valence-electron chi connectivity index (χ0n) is 13.9. The topological polar surface area (TPSA) is 66.8 Å². The molecule has 1 aromatic carbocycles. The van der Waals surface area contributed by atoms with Crippen LogP contribution in [0.15, 0.2) is 24.3 Å². The van der Waals surface area contributed by atoms with E-state index in [2.05, 4.69) is 0 Å². The smallest absolute Gasteiger partial charge is 0.406 e. The van der Waals surface area contributed by atoms with Crippen LogP contribution in [0.4, 0.5) is 13.2 Å². The second kappa shape index (κ2) is 5.37. The van der Waals surface area contributed by atoms with E-state index >= 15 is 0 Å². The third-order valence-corrected chi connectivity index (χ3v) is 6.14. The maximum Gasteiger partial charge on any atom is 0.406 e. The number of alkyl halides is 3. The Balaban J connectivity index is 1.56. The molecule has 3 atom stereocenters. The number of likely N-dealkylation sites (tertiary alicyclic amines) is 1. The number of para-hydroxylation sites is 1. The molecule has 1 amide bonds. The predicted molar refractivity (Wildman–Crippen MR) is 83.7 cm³/mol. The van der Waals surface area contributed by atoms with Gasteiger partial charge >= 0.3 is 12.1 Å². The van der Waals surface area contributed by atoms with Crippen LogP contribution in [-0.2, 0) is 15.0 Å². The molecule has 2 heterocycles. The predicted octanol–water partition coefficient (Wildman–Crippen LogP) is 2.59. The Kier molecular flexibility index (Phi) is 3.55. The standard InChI is InChI=1S/C18H18F3NO4/c19-18(20,21)17(15(24)25)5-7-22(10-17)14(23)12-9-16(12)6-8-26-13-4-2-1-3-11(13)16/h1-4,12H,5-10H2,(H,24,25)/t12-,16-,17?/m0/s1. The minimum absolute atomic E-state index is 0.185. The van der Waals surface area contributed by atoms with Gasteiger partial charge in [-0.1, -0.05) is 18.2 Å². The molecule has 8 heteroatoms. The minimum atomic E-state index is -4.89. The Labute approximate surface area is 147 Å². The fourth-order valence-electron chi connectivity index (χ4n) is 4.43. The summed E-state index contributed by atoms with van der Waals surface area (Å²) in [6, 6.07) is 7.40. The fraction of sp³-hybridized carbons (Fsp3) is 0.556. The molecule has 0 radical (unpaired) electrons. The Morgan fingerprint density at radius 2 is 1.96 bits per heavy atom.